The Morgan fingerprint density at radius 1 is 1.24 bits per heavy atom. The molecule has 0 saturated carbocycles. The molecule has 5 rings (SSSR count). The zero-order valence-electron chi connectivity index (χ0n) is 14.4. The van der Waals surface area contributed by atoms with Crippen LogP contribution in [0.2, 0.25) is 0 Å². The minimum absolute atomic E-state index is 0.102. The largest absolute Gasteiger partial charge is 0.486 e. The second kappa shape index (κ2) is 5.71. The summed E-state index contributed by atoms with van der Waals surface area (Å²) >= 11 is 0. The number of hydrogen-bond donors (Lipinski definition) is 1. The van der Waals surface area contributed by atoms with Gasteiger partial charge in [-0.05, 0) is 25.6 Å². The fourth-order valence-electron chi connectivity index (χ4n) is 4.37. The van der Waals surface area contributed by atoms with Gasteiger partial charge in [-0.1, -0.05) is 0 Å². The first-order chi connectivity index (χ1) is 12.2. The van der Waals surface area contributed by atoms with Crippen molar-refractivity contribution in [1.82, 2.24) is 14.9 Å². The molecule has 2 N–H and O–H groups in total. The average molecular weight is 341 g/mol. The molecule has 132 valence electrons. The van der Waals surface area contributed by atoms with E-state index < -0.39 is 0 Å². The van der Waals surface area contributed by atoms with E-state index in [9.17, 15) is 0 Å². The Labute approximate surface area is 146 Å². The summed E-state index contributed by atoms with van der Waals surface area (Å²) in [5, 5.41) is 0.909. The second-order valence-electron chi connectivity index (χ2n) is 7.23. The molecule has 0 radical (unpaired) electrons. The van der Waals surface area contributed by atoms with Gasteiger partial charge in [0.05, 0.1) is 29.8 Å². The van der Waals surface area contributed by atoms with Gasteiger partial charge in [0.1, 0.15) is 24.0 Å². The number of likely N-dealkylation sites (N-methyl/N-ethyl adjacent to an activating group) is 1. The van der Waals surface area contributed by atoms with Crippen LogP contribution in [0.5, 0.6) is 5.75 Å². The van der Waals surface area contributed by atoms with E-state index in [1.807, 2.05) is 12.1 Å². The lowest BCUT2D eigenvalue weighted by Gasteiger charge is -2.48. The van der Waals surface area contributed by atoms with Gasteiger partial charge in [0.15, 0.2) is 0 Å². The normalized spacial score (nSPS) is 29.0. The van der Waals surface area contributed by atoms with Crippen LogP contribution in [-0.4, -0.2) is 66.4 Å². The number of nitrogens with two attached hydrogens (primary N) is 1. The third-order valence-corrected chi connectivity index (χ3v) is 5.81. The van der Waals surface area contributed by atoms with Gasteiger partial charge < -0.3 is 20.1 Å². The van der Waals surface area contributed by atoms with Crippen LogP contribution in [0.15, 0.2) is 18.5 Å². The van der Waals surface area contributed by atoms with Gasteiger partial charge in [-0.25, -0.2) is 9.97 Å². The van der Waals surface area contributed by atoms with Crippen LogP contribution in [0, 0.1) is 0 Å². The van der Waals surface area contributed by atoms with Crippen molar-refractivity contribution in [3.05, 3.63) is 18.5 Å². The van der Waals surface area contributed by atoms with Crippen molar-refractivity contribution < 1.29 is 9.47 Å². The zero-order valence-corrected chi connectivity index (χ0v) is 14.4. The molecule has 1 aromatic heterocycles. The molecule has 3 fully saturated rings. The van der Waals surface area contributed by atoms with Crippen molar-refractivity contribution in [3.8, 4) is 5.75 Å². The van der Waals surface area contributed by atoms with E-state index in [2.05, 4.69) is 26.8 Å². The average Bonchev–Trinajstić information content (AvgIpc) is 3.18. The fraction of sp³-hybridized carbons (Fsp3) is 0.556. The summed E-state index contributed by atoms with van der Waals surface area (Å²) in [5.41, 5.74) is 8.17. The van der Waals surface area contributed by atoms with Gasteiger partial charge in [-0.15, -0.1) is 0 Å². The zero-order chi connectivity index (χ0) is 17.0. The summed E-state index contributed by atoms with van der Waals surface area (Å²) in [7, 11) is 2.20. The highest BCUT2D eigenvalue weighted by Crippen LogP contribution is 2.45. The third-order valence-electron chi connectivity index (χ3n) is 5.81. The molecule has 3 aliphatic heterocycles. The molecule has 3 aliphatic rings. The van der Waals surface area contributed by atoms with Gasteiger partial charge in [0.25, 0.3) is 0 Å². The summed E-state index contributed by atoms with van der Waals surface area (Å²) in [6.07, 6.45) is 3.71. The molecule has 0 spiro atoms. The molecular weight excluding hydrogens is 318 g/mol. The lowest BCUT2D eigenvalue weighted by molar-refractivity contribution is 0.141. The van der Waals surface area contributed by atoms with E-state index in [4.69, 9.17) is 15.2 Å². The quantitative estimate of drug-likeness (QED) is 0.901. The SMILES string of the molecule is CN1CC[C@@H]2[C@H]1CN2c1c(O[C@H]2CCOC2)ccc2ncnc(N)c12. The molecule has 0 unspecified atom stereocenters. The highest BCUT2D eigenvalue weighted by Gasteiger charge is 2.47. The number of anilines is 2. The maximum Gasteiger partial charge on any atom is 0.144 e. The highest BCUT2D eigenvalue weighted by atomic mass is 16.5. The molecule has 0 bridgehead atoms. The fourth-order valence-corrected chi connectivity index (χ4v) is 4.37. The van der Waals surface area contributed by atoms with Crippen LogP contribution in [0.3, 0.4) is 0 Å². The van der Waals surface area contributed by atoms with Crippen molar-refractivity contribution in [1.29, 1.82) is 0 Å². The molecular formula is C18H23N5O2. The topological polar surface area (TPSA) is 76.7 Å². The summed E-state index contributed by atoms with van der Waals surface area (Å²) in [5.74, 6) is 1.39. The summed E-state index contributed by atoms with van der Waals surface area (Å²) < 4.78 is 11.8. The number of hydrogen-bond acceptors (Lipinski definition) is 7. The smallest absolute Gasteiger partial charge is 0.144 e. The second-order valence-corrected chi connectivity index (χ2v) is 7.23. The van der Waals surface area contributed by atoms with Crippen LogP contribution in [0.25, 0.3) is 10.9 Å². The Balaban J connectivity index is 1.60. The Kier molecular flexibility index (Phi) is 3.46. The summed E-state index contributed by atoms with van der Waals surface area (Å²) in [4.78, 5) is 13.5. The first-order valence-electron chi connectivity index (χ1n) is 8.97. The molecule has 0 amide bonds. The molecule has 2 aromatic rings. The van der Waals surface area contributed by atoms with Crippen molar-refractivity contribution in [2.24, 2.45) is 0 Å². The van der Waals surface area contributed by atoms with Crippen LogP contribution in [0.4, 0.5) is 11.5 Å². The van der Waals surface area contributed by atoms with Crippen molar-refractivity contribution >= 4 is 22.4 Å². The van der Waals surface area contributed by atoms with Gasteiger partial charge in [0, 0.05) is 31.6 Å². The minimum Gasteiger partial charge on any atom is -0.486 e. The monoisotopic (exact) mass is 341 g/mol. The van der Waals surface area contributed by atoms with E-state index in [0.29, 0.717) is 24.5 Å². The van der Waals surface area contributed by atoms with Crippen LogP contribution in [-0.2, 0) is 4.74 Å². The van der Waals surface area contributed by atoms with Crippen molar-refractivity contribution in [3.63, 3.8) is 0 Å². The molecule has 7 heteroatoms. The molecule has 4 heterocycles. The minimum atomic E-state index is 0.102. The Hall–Kier alpha value is -2.12. The van der Waals surface area contributed by atoms with Crippen molar-refractivity contribution in [2.75, 3.05) is 44.0 Å². The first-order valence-corrected chi connectivity index (χ1v) is 8.97. The Morgan fingerprint density at radius 2 is 2.16 bits per heavy atom. The van der Waals surface area contributed by atoms with E-state index in [1.54, 1.807) is 0 Å². The van der Waals surface area contributed by atoms with E-state index in [1.165, 1.54) is 6.33 Å². The van der Waals surface area contributed by atoms with E-state index >= 15 is 0 Å². The van der Waals surface area contributed by atoms with Gasteiger partial charge in [-0.2, -0.15) is 0 Å². The standard InChI is InChI=1S/C18H23N5O2/c1-22-6-4-13-14(22)8-23(13)17-15(25-11-5-7-24-9-11)3-2-12-16(17)18(19)21-10-20-12/h2-3,10-11,13-14H,4-9H2,1H3,(H2,19,20,21)/t11-,13+,14+/m0/s1. The van der Waals surface area contributed by atoms with Gasteiger partial charge in [-0.3, -0.25) is 4.90 Å². The molecule has 0 aliphatic carbocycles. The molecule has 3 atom stereocenters. The predicted octanol–water partition coefficient (Wildman–Crippen LogP) is 1.27. The molecule has 7 nitrogen and oxygen atoms in total. The van der Waals surface area contributed by atoms with E-state index in [-0.39, 0.29) is 6.10 Å². The number of benzene rings is 1. The highest BCUT2D eigenvalue weighted by molar-refractivity contribution is 6.02. The molecule has 1 aromatic carbocycles. The van der Waals surface area contributed by atoms with Crippen LogP contribution >= 0.6 is 0 Å². The lowest BCUT2D eigenvalue weighted by Crippen LogP contribution is -2.61. The Bertz CT molecular complexity index is 807. The maximum absolute atomic E-state index is 6.31. The van der Waals surface area contributed by atoms with E-state index in [0.717, 1.165) is 54.9 Å². The summed E-state index contributed by atoms with van der Waals surface area (Å²) in [6, 6.07) is 5.12. The van der Waals surface area contributed by atoms with Crippen molar-refractivity contribution in [2.45, 2.75) is 31.0 Å². The number of nitrogen functional groups attached to an aromatic ring is 1. The number of nitrogens with zero attached hydrogens (tertiary/aromatic N) is 4. The third kappa shape index (κ3) is 2.33. The number of likely N-dealkylation sites (tertiary alicyclic amines) is 1. The number of rotatable bonds is 3. The first kappa shape index (κ1) is 15.2. The summed E-state index contributed by atoms with van der Waals surface area (Å²) in [6.45, 7) is 3.53. The van der Waals surface area contributed by atoms with Gasteiger partial charge >= 0.3 is 0 Å². The lowest BCUT2D eigenvalue weighted by atomic mass is 9.94. The molecule has 25 heavy (non-hydrogen) atoms. The van der Waals surface area contributed by atoms with Gasteiger partial charge in [0.2, 0.25) is 0 Å². The van der Waals surface area contributed by atoms with Crippen LogP contribution < -0.4 is 15.4 Å². The predicted molar refractivity (Wildman–Crippen MR) is 96.0 cm³/mol. The maximum atomic E-state index is 6.31. The number of aromatic nitrogens is 2. The van der Waals surface area contributed by atoms with Crippen LogP contribution in [0.1, 0.15) is 12.8 Å². The number of ether oxygens (including phenoxy) is 2. The number of fused-ring (bicyclic) bond motifs is 2. The molecule has 3 saturated heterocycles. The Morgan fingerprint density at radius 3 is 2.96 bits per heavy atom.